The van der Waals surface area contributed by atoms with Crippen molar-refractivity contribution in [2.75, 3.05) is 18.9 Å². The lowest BCUT2D eigenvalue weighted by Gasteiger charge is -2.29. The Balaban J connectivity index is 1.38. The predicted octanol–water partition coefficient (Wildman–Crippen LogP) is 4.59. The molecule has 0 unspecified atom stereocenters. The predicted molar refractivity (Wildman–Crippen MR) is 138 cm³/mol. The van der Waals surface area contributed by atoms with E-state index in [1.807, 2.05) is 17.7 Å². The molecule has 5 rings (SSSR count). The minimum absolute atomic E-state index is 0.0341. The van der Waals surface area contributed by atoms with E-state index in [1.165, 1.54) is 4.68 Å². The molecule has 0 bridgehead atoms. The summed E-state index contributed by atoms with van der Waals surface area (Å²) in [6.45, 7) is 2.73. The van der Waals surface area contributed by atoms with E-state index in [0.717, 1.165) is 22.7 Å². The second-order valence-corrected chi connectivity index (χ2v) is 9.53. The number of fused-ring (bicyclic) bond motifs is 1. The Kier molecular flexibility index (Phi) is 7.59. The van der Waals surface area contributed by atoms with E-state index >= 15 is 0 Å². The standard InChI is InChI=1S/C26H28F4N8O2/c1-3-32-21-10-20-18(12-34-21)24(15-11-35-37(13-15)14-22(39)31-2)36-38(20)16-4-6-17(7-5-16)40-25-23(27)19(8-9-33-25)26(28,29)30/h8-13,16-17H,3-7,14H2,1-2H3,(H,31,39)(H,32,34)/t16-,17+. The lowest BCUT2D eigenvalue weighted by atomic mass is 9.93. The fraction of sp³-hybridized carbons (Fsp3) is 0.423. The number of carbonyl (C=O) groups is 1. The van der Waals surface area contributed by atoms with E-state index in [-0.39, 0.29) is 18.5 Å². The summed E-state index contributed by atoms with van der Waals surface area (Å²) in [6, 6.07) is 2.49. The minimum atomic E-state index is -4.83. The maximum Gasteiger partial charge on any atom is 0.419 e. The van der Waals surface area contributed by atoms with Crippen LogP contribution in [0.2, 0.25) is 0 Å². The van der Waals surface area contributed by atoms with Crippen molar-refractivity contribution < 1.29 is 27.1 Å². The molecule has 0 saturated heterocycles. The van der Waals surface area contributed by atoms with Crippen LogP contribution in [0.5, 0.6) is 5.88 Å². The molecule has 0 aliphatic heterocycles. The van der Waals surface area contributed by atoms with Crippen molar-refractivity contribution in [1.82, 2.24) is 34.8 Å². The quantitative estimate of drug-likeness (QED) is 0.303. The van der Waals surface area contributed by atoms with Gasteiger partial charge in [-0.05, 0) is 38.7 Å². The first-order valence-corrected chi connectivity index (χ1v) is 12.9. The Morgan fingerprint density at radius 1 is 1.18 bits per heavy atom. The topological polar surface area (TPSA) is 112 Å². The summed E-state index contributed by atoms with van der Waals surface area (Å²) in [4.78, 5) is 20.0. The van der Waals surface area contributed by atoms with E-state index in [4.69, 9.17) is 9.84 Å². The van der Waals surface area contributed by atoms with Crippen molar-refractivity contribution in [2.24, 2.45) is 0 Å². The molecular weight excluding hydrogens is 532 g/mol. The average Bonchev–Trinajstić information content (AvgIpc) is 3.54. The highest BCUT2D eigenvalue weighted by Crippen LogP contribution is 2.38. The van der Waals surface area contributed by atoms with Gasteiger partial charge in [-0.15, -0.1) is 0 Å². The molecule has 2 N–H and O–H groups in total. The first-order valence-electron chi connectivity index (χ1n) is 12.9. The maximum atomic E-state index is 14.4. The summed E-state index contributed by atoms with van der Waals surface area (Å²) in [5, 5.41) is 15.8. The lowest BCUT2D eigenvalue weighted by Crippen LogP contribution is -2.27. The van der Waals surface area contributed by atoms with Gasteiger partial charge in [0.05, 0.1) is 23.3 Å². The highest BCUT2D eigenvalue weighted by Gasteiger charge is 2.36. The number of nitrogens with zero attached hydrogens (tertiary/aromatic N) is 6. The zero-order valence-corrected chi connectivity index (χ0v) is 21.9. The van der Waals surface area contributed by atoms with E-state index in [1.54, 1.807) is 25.6 Å². The van der Waals surface area contributed by atoms with Crippen molar-refractivity contribution in [3.63, 3.8) is 0 Å². The summed E-state index contributed by atoms with van der Waals surface area (Å²) in [5.74, 6) is -1.62. The Labute approximate surface area is 226 Å². The molecule has 1 amide bonds. The number of anilines is 1. The Morgan fingerprint density at radius 3 is 2.65 bits per heavy atom. The number of nitrogens with one attached hydrogen (secondary N) is 2. The first kappa shape index (κ1) is 27.3. The van der Waals surface area contributed by atoms with Crippen molar-refractivity contribution in [3.05, 3.63) is 48.3 Å². The fourth-order valence-electron chi connectivity index (χ4n) is 4.89. The molecule has 0 aromatic carbocycles. The Bertz CT molecular complexity index is 1510. The highest BCUT2D eigenvalue weighted by atomic mass is 19.4. The van der Waals surface area contributed by atoms with Crippen molar-refractivity contribution in [1.29, 1.82) is 0 Å². The largest absolute Gasteiger partial charge is 0.472 e. The van der Waals surface area contributed by atoms with Gasteiger partial charge in [0.25, 0.3) is 5.88 Å². The average molecular weight is 561 g/mol. The van der Waals surface area contributed by atoms with Gasteiger partial charge in [0.1, 0.15) is 24.2 Å². The zero-order chi connectivity index (χ0) is 28.4. The molecule has 0 atom stereocenters. The van der Waals surface area contributed by atoms with E-state index in [0.29, 0.717) is 49.8 Å². The number of hydrogen-bond donors (Lipinski definition) is 2. The monoisotopic (exact) mass is 560 g/mol. The molecule has 0 spiro atoms. The van der Waals surface area contributed by atoms with Gasteiger partial charge in [0.2, 0.25) is 5.91 Å². The maximum absolute atomic E-state index is 14.4. The first-order chi connectivity index (χ1) is 19.2. The molecule has 40 heavy (non-hydrogen) atoms. The summed E-state index contributed by atoms with van der Waals surface area (Å²) in [6.07, 6.45) is 2.91. The number of hydrogen-bond acceptors (Lipinski definition) is 7. The number of aromatic nitrogens is 6. The van der Waals surface area contributed by atoms with Crippen LogP contribution < -0.4 is 15.4 Å². The SMILES string of the molecule is CCNc1cc2c(cn1)c(-c1cnn(CC(=O)NC)c1)nn2[C@H]1CC[C@@H](Oc2nccc(C(F)(F)F)c2F)CC1. The van der Waals surface area contributed by atoms with Crippen LogP contribution in [0.4, 0.5) is 23.4 Å². The molecule has 14 heteroatoms. The van der Waals surface area contributed by atoms with Crippen LogP contribution in [-0.2, 0) is 17.5 Å². The van der Waals surface area contributed by atoms with Gasteiger partial charge in [-0.1, -0.05) is 0 Å². The smallest absolute Gasteiger partial charge is 0.419 e. The number of carbonyl (C=O) groups excluding carboxylic acids is 1. The third-order valence-electron chi connectivity index (χ3n) is 6.87. The third kappa shape index (κ3) is 5.56. The van der Waals surface area contributed by atoms with Gasteiger partial charge in [0.15, 0.2) is 5.82 Å². The van der Waals surface area contributed by atoms with Crippen LogP contribution >= 0.6 is 0 Å². The number of ether oxygens (including phenoxy) is 1. The van der Waals surface area contributed by atoms with Crippen LogP contribution in [0.15, 0.2) is 36.9 Å². The van der Waals surface area contributed by atoms with Gasteiger partial charge >= 0.3 is 6.18 Å². The summed E-state index contributed by atoms with van der Waals surface area (Å²) < 4.78 is 62.7. The van der Waals surface area contributed by atoms with Crippen molar-refractivity contribution >= 4 is 22.6 Å². The summed E-state index contributed by atoms with van der Waals surface area (Å²) in [7, 11) is 1.56. The van der Waals surface area contributed by atoms with Crippen LogP contribution in [0.25, 0.3) is 22.2 Å². The highest BCUT2D eigenvalue weighted by molar-refractivity contribution is 5.93. The molecule has 212 valence electrons. The number of pyridine rings is 2. The number of halogens is 4. The van der Waals surface area contributed by atoms with Crippen LogP contribution in [0.1, 0.15) is 44.2 Å². The normalized spacial score (nSPS) is 17.6. The summed E-state index contributed by atoms with van der Waals surface area (Å²) >= 11 is 0. The molecule has 1 fully saturated rings. The van der Waals surface area contributed by atoms with Crippen LogP contribution in [0, 0.1) is 5.82 Å². The molecule has 4 heterocycles. The van der Waals surface area contributed by atoms with E-state index in [2.05, 4.69) is 25.7 Å². The summed E-state index contributed by atoms with van der Waals surface area (Å²) in [5.41, 5.74) is 0.858. The molecule has 4 aromatic rings. The Hall–Kier alpha value is -4.23. The fourth-order valence-corrected chi connectivity index (χ4v) is 4.89. The van der Waals surface area contributed by atoms with Gasteiger partial charge in [0, 0.05) is 49.2 Å². The molecule has 0 radical (unpaired) electrons. The number of alkyl halides is 3. The molecular formula is C26H28F4N8O2. The molecule has 1 aliphatic carbocycles. The number of amides is 1. The van der Waals surface area contributed by atoms with Gasteiger partial charge in [-0.25, -0.2) is 14.4 Å². The zero-order valence-electron chi connectivity index (χ0n) is 21.9. The second-order valence-electron chi connectivity index (χ2n) is 9.53. The van der Waals surface area contributed by atoms with Crippen LogP contribution in [0.3, 0.4) is 0 Å². The minimum Gasteiger partial charge on any atom is -0.472 e. The second kappa shape index (κ2) is 11.1. The molecule has 1 aliphatic rings. The molecule has 4 aromatic heterocycles. The van der Waals surface area contributed by atoms with Crippen molar-refractivity contribution in [3.8, 4) is 17.1 Å². The van der Waals surface area contributed by atoms with Crippen molar-refractivity contribution in [2.45, 2.75) is 57.5 Å². The Morgan fingerprint density at radius 2 is 1.95 bits per heavy atom. The van der Waals surface area contributed by atoms with Gasteiger partial charge < -0.3 is 15.4 Å². The lowest BCUT2D eigenvalue weighted by molar-refractivity contribution is -0.140. The van der Waals surface area contributed by atoms with Gasteiger partial charge in [-0.2, -0.15) is 23.4 Å². The van der Waals surface area contributed by atoms with Gasteiger partial charge in [-0.3, -0.25) is 14.2 Å². The van der Waals surface area contributed by atoms with E-state index < -0.39 is 29.5 Å². The third-order valence-corrected chi connectivity index (χ3v) is 6.87. The molecule has 1 saturated carbocycles. The molecule has 10 nitrogen and oxygen atoms in total. The van der Waals surface area contributed by atoms with E-state index in [9.17, 15) is 22.4 Å². The number of rotatable bonds is 8. The van der Waals surface area contributed by atoms with Crippen LogP contribution in [-0.4, -0.2) is 55.1 Å². The number of likely N-dealkylation sites (N-methyl/N-ethyl adjacent to an activating group) is 1.